The third kappa shape index (κ3) is 3.20. The second-order valence-electron chi connectivity index (χ2n) is 4.42. The number of morpholine rings is 1. The van der Waals surface area contributed by atoms with Crippen molar-refractivity contribution < 1.29 is 9.26 Å². The van der Waals surface area contributed by atoms with Gasteiger partial charge in [0, 0.05) is 24.0 Å². The minimum atomic E-state index is -0.127. The summed E-state index contributed by atoms with van der Waals surface area (Å²) in [4.78, 5) is 4.40. The summed E-state index contributed by atoms with van der Waals surface area (Å²) in [6.07, 6.45) is 0.529. The van der Waals surface area contributed by atoms with Crippen molar-refractivity contribution in [3.63, 3.8) is 0 Å². The Kier molecular flexibility index (Phi) is 3.91. The zero-order chi connectivity index (χ0) is 13.1. The van der Waals surface area contributed by atoms with Gasteiger partial charge in [0.05, 0.1) is 6.61 Å². The number of hydrogen-bond acceptors (Lipinski definition) is 5. The Hall–Kier alpha value is -1.24. The molecule has 1 aliphatic heterocycles. The molecule has 1 atom stereocenters. The molecule has 100 valence electrons. The van der Waals surface area contributed by atoms with Crippen LogP contribution in [0.2, 0.25) is 0 Å². The van der Waals surface area contributed by atoms with Crippen LogP contribution in [0.15, 0.2) is 33.3 Å². The summed E-state index contributed by atoms with van der Waals surface area (Å²) in [6.45, 7) is 2.27. The summed E-state index contributed by atoms with van der Waals surface area (Å²) >= 11 is 3.45. The van der Waals surface area contributed by atoms with Gasteiger partial charge < -0.3 is 14.6 Å². The predicted octanol–water partition coefficient (Wildman–Crippen LogP) is 2.08. The van der Waals surface area contributed by atoms with E-state index in [0.29, 0.717) is 24.7 Å². The number of nitrogens with one attached hydrogen (secondary N) is 1. The largest absolute Gasteiger partial charge is 0.366 e. The first kappa shape index (κ1) is 12.8. The highest BCUT2D eigenvalue weighted by Gasteiger charge is 2.22. The van der Waals surface area contributed by atoms with Gasteiger partial charge in [-0.1, -0.05) is 33.2 Å². The Morgan fingerprint density at radius 3 is 3.16 bits per heavy atom. The number of hydrogen-bond donors (Lipinski definition) is 1. The number of halogens is 1. The highest BCUT2D eigenvalue weighted by Crippen LogP contribution is 2.18. The van der Waals surface area contributed by atoms with Crippen LogP contribution < -0.4 is 5.32 Å². The first-order valence-corrected chi connectivity index (χ1v) is 7.00. The van der Waals surface area contributed by atoms with Crippen LogP contribution in [0.25, 0.3) is 0 Å². The standard InChI is InChI=1S/C13H14BrN3O2/c14-10-3-1-2-9(6-10)7-12-16-13(19-17-12)11-8-15-4-5-18-11/h1-3,6,11,15H,4-5,7-8H2. The fourth-order valence-electron chi connectivity index (χ4n) is 2.02. The Balaban J connectivity index is 1.70. The predicted molar refractivity (Wildman–Crippen MR) is 72.8 cm³/mol. The van der Waals surface area contributed by atoms with Gasteiger partial charge in [-0.3, -0.25) is 0 Å². The Morgan fingerprint density at radius 2 is 2.37 bits per heavy atom. The molecule has 5 nitrogen and oxygen atoms in total. The lowest BCUT2D eigenvalue weighted by Crippen LogP contribution is -2.33. The fourth-order valence-corrected chi connectivity index (χ4v) is 2.47. The quantitative estimate of drug-likeness (QED) is 0.937. The lowest BCUT2D eigenvalue weighted by Gasteiger charge is -2.19. The van der Waals surface area contributed by atoms with E-state index in [1.807, 2.05) is 18.2 Å². The van der Waals surface area contributed by atoms with E-state index in [2.05, 4.69) is 37.5 Å². The van der Waals surface area contributed by atoms with E-state index in [0.717, 1.165) is 23.1 Å². The van der Waals surface area contributed by atoms with Crippen molar-refractivity contribution in [1.29, 1.82) is 0 Å². The molecule has 0 spiro atoms. The second-order valence-corrected chi connectivity index (χ2v) is 5.33. The van der Waals surface area contributed by atoms with Crippen molar-refractivity contribution in [2.24, 2.45) is 0 Å². The second kappa shape index (κ2) is 5.81. The lowest BCUT2D eigenvalue weighted by molar-refractivity contribution is 0.00755. The number of rotatable bonds is 3. The van der Waals surface area contributed by atoms with Crippen molar-refractivity contribution in [3.05, 3.63) is 46.0 Å². The highest BCUT2D eigenvalue weighted by molar-refractivity contribution is 9.10. The van der Waals surface area contributed by atoms with Gasteiger partial charge in [0.2, 0.25) is 0 Å². The molecule has 1 aromatic heterocycles. The first-order valence-electron chi connectivity index (χ1n) is 6.20. The molecule has 1 unspecified atom stereocenters. The molecule has 2 heterocycles. The molecule has 0 amide bonds. The highest BCUT2D eigenvalue weighted by atomic mass is 79.9. The Labute approximate surface area is 119 Å². The van der Waals surface area contributed by atoms with Gasteiger partial charge in [-0.2, -0.15) is 4.98 Å². The van der Waals surface area contributed by atoms with E-state index < -0.39 is 0 Å². The number of nitrogens with zero attached hydrogens (tertiary/aromatic N) is 2. The maximum Gasteiger partial charge on any atom is 0.257 e. The normalized spacial score (nSPS) is 19.5. The SMILES string of the molecule is Brc1cccc(Cc2noc(C3CNCCO3)n2)c1. The maximum absolute atomic E-state index is 5.58. The zero-order valence-corrected chi connectivity index (χ0v) is 11.9. The third-order valence-electron chi connectivity index (χ3n) is 2.94. The molecule has 0 aliphatic carbocycles. The molecule has 6 heteroatoms. The maximum atomic E-state index is 5.58. The molecule has 19 heavy (non-hydrogen) atoms. The third-order valence-corrected chi connectivity index (χ3v) is 3.43. The van der Waals surface area contributed by atoms with Crippen LogP contribution in [-0.2, 0) is 11.2 Å². The molecular weight excluding hydrogens is 310 g/mol. The smallest absolute Gasteiger partial charge is 0.257 e. The summed E-state index contributed by atoms with van der Waals surface area (Å²) in [5, 5.41) is 7.25. The van der Waals surface area contributed by atoms with Crippen LogP contribution in [-0.4, -0.2) is 29.8 Å². The van der Waals surface area contributed by atoms with Crippen molar-refractivity contribution in [2.45, 2.75) is 12.5 Å². The molecule has 2 aromatic rings. The molecule has 1 aliphatic rings. The molecule has 1 N–H and O–H groups in total. The van der Waals surface area contributed by atoms with E-state index in [4.69, 9.17) is 9.26 Å². The summed E-state index contributed by atoms with van der Waals surface area (Å²) in [5.41, 5.74) is 1.14. The summed E-state index contributed by atoms with van der Waals surface area (Å²) < 4.78 is 11.9. The van der Waals surface area contributed by atoms with Gasteiger partial charge in [-0.05, 0) is 17.7 Å². The van der Waals surface area contributed by atoms with Gasteiger partial charge in [0.1, 0.15) is 6.10 Å². The van der Waals surface area contributed by atoms with Gasteiger partial charge in [0.25, 0.3) is 5.89 Å². The fraction of sp³-hybridized carbons (Fsp3) is 0.385. The van der Waals surface area contributed by atoms with E-state index in [1.165, 1.54) is 0 Å². The minimum absolute atomic E-state index is 0.127. The monoisotopic (exact) mass is 323 g/mol. The topological polar surface area (TPSA) is 60.2 Å². The van der Waals surface area contributed by atoms with E-state index in [1.54, 1.807) is 0 Å². The number of benzene rings is 1. The van der Waals surface area contributed by atoms with E-state index in [9.17, 15) is 0 Å². The zero-order valence-electron chi connectivity index (χ0n) is 10.3. The van der Waals surface area contributed by atoms with Crippen molar-refractivity contribution >= 4 is 15.9 Å². The minimum Gasteiger partial charge on any atom is -0.366 e. The molecule has 0 bridgehead atoms. The van der Waals surface area contributed by atoms with Crippen LogP contribution in [0.4, 0.5) is 0 Å². The molecular formula is C13H14BrN3O2. The molecule has 3 rings (SSSR count). The van der Waals surface area contributed by atoms with Crippen molar-refractivity contribution in [3.8, 4) is 0 Å². The molecule has 1 fully saturated rings. The Bertz CT molecular complexity index is 552. The Morgan fingerprint density at radius 1 is 1.42 bits per heavy atom. The van der Waals surface area contributed by atoms with Gasteiger partial charge in [-0.15, -0.1) is 0 Å². The van der Waals surface area contributed by atoms with Crippen LogP contribution in [0.5, 0.6) is 0 Å². The van der Waals surface area contributed by atoms with Crippen molar-refractivity contribution in [1.82, 2.24) is 15.5 Å². The van der Waals surface area contributed by atoms with E-state index >= 15 is 0 Å². The summed E-state index contributed by atoms with van der Waals surface area (Å²) in [5.74, 6) is 1.24. The van der Waals surface area contributed by atoms with Crippen LogP contribution in [0, 0.1) is 0 Å². The van der Waals surface area contributed by atoms with Crippen LogP contribution >= 0.6 is 15.9 Å². The molecule has 1 saturated heterocycles. The average molecular weight is 324 g/mol. The van der Waals surface area contributed by atoms with Crippen molar-refractivity contribution in [2.75, 3.05) is 19.7 Å². The first-order chi connectivity index (χ1) is 9.31. The molecule has 1 aromatic carbocycles. The lowest BCUT2D eigenvalue weighted by atomic mass is 10.1. The van der Waals surface area contributed by atoms with Gasteiger partial charge >= 0.3 is 0 Å². The van der Waals surface area contributed by atoms with Gasteiger partial charge in [0.15, 0.2) is 5.82 Å². The number of ether oxygens (including phenoxy) is 1. The summed E-state index contributed by atoms with van der Waals surface area (Å²) in [7, 11) is 0. The van der Waals surface area contributed by atoms with Crippen LogP contribution in [0.3, 0.4) is 0 Å². The van der Waals surface area contributed by atoms with E-state index in [-0.39, 0.29) is 6.10 Å². The average Bonchev–Trinajstić information content (AvgIpc) is 2.88. The van der Waals surface area contributed by atoms with Crippen LogP contribution in [0.1, 0.15) is 23.4 Å². The summed E-state index contributed by atoms with van der Waals surface area (Å²) in [6, 6.07) is 8.08. The molecule has 0 saturated carbocycles. The molecule has 0 radical (unpaired) electrons. The number of aromatic nitrogens is 2. The van der Waals surface area contributed by atoms with Gasteiger partial charge in [-0.25, -0.2) is 0 Å².